The third-order valence-electron chi connectivity index (χ3n) is 3.74. The number of para-hydroxylation sites is 1. The number of carbonyl (C=O) groups is 1. The Balaban J connectivity index is 1.53. The zero-order valence-electron chi connectivity index (χ0n) is 14.8. The molecule has 0 unspecified atom stereocenters. The monoisotopic (exact) mass is 379 g/mol. The fourth-order valence-electron chi connectivity index (χ4n) is 2.46. The summed E-state index contributed by atoms with van der Waals surface area (Å²) in [5.74, 6) is -0.0915. The van der Waals surface area contributed by atoms with E-state index in [9.17, 15) is 14.9 Å². The van der Waals surface area contributed by atoms with E-state index in [2.05, 4.69) is 10.5 Å². The van der Waals surface area contributed by atoms with Crippen LogP contribution in [-0.4, -0.2) is 23.7 Å². The highest BCUT2D eigenvalue weighted by Gasteiger charge is 2.10. The van der Waals surface area contributed by atoms with Gasteiger partial charge in [0.15, 0.2) is 12.4 Å². The lowest BCUT2D eigenvalue weighted by molar-refractivity contribution is -0.402. The second-order valence-corrected chi connectivity index (χ2v) is 5.79. The minimum Gasteiger partial charge on any atom is -0.483 e. The zero-order valence-corrected chi connectivity index (χ0v) is 14.8. The predicted octanol–water partition coefficient (Wildman–Crippen LogP) is 3.31. The molecule has 0 atom stereocenters. The summed E-state index contributed by atoms with van der Waals surface area (Å²) in [6.45, 7) is -0.221. The van der Waals surface area contributed by atoms with E-state index >= 15 is 0 Å². The van der Waals surface area contributed by atoms with Crippen molar-refractivity contribution in [2.75, 3.05) is 6.61 Å². The molecule has 8 heteroatoms. The van der Waals surface area contributed by atoms with Crippen molar-refractivity contribution >= 4 is 18.0 Å². The number of amides is 1. The quantitative estimate of drug-likeness (QED) is 0.367. The van der Waals surface area contributed by atoms with Crippen molar-refractivity contribution in [2.45, 2.75) is 6.42 Å². The number of ether oxygens (including phenoxy) is 1. The van der Waals surface area contributed by atoms with Gasteiger partial charge in [0.05, 0.1) is 12.3 Å². The average Bonchev–Trinajstić information content (AvgIpc) is 3.17. The standard InChI is InChI=1S/C20H17N3O5/c24-19(22-21-13-17-10-11-20(28-17)23(25)26)14-27-18-9-5-4-8-16(18)12-15-6-2-1-3-7-15/h1-11,13H,12,14H2,(H,22,24)/b21-13-. The van der Waals surface area contributed by atoms with E-state index in [1.54, 1.807) is 6.07 Å². The van der Waals surface area contributed by atoms with Gasteiger partial charge in [-0.15, -0.1) is 0 Å². The molecule has 28 heavy (non-hydrogen) atoms. The maximum absolute atomic E-state index is 11.9. The summed E-state index contributed by atoms with van der Waals surface area (Å²) in [6, 6.07) is 20.0. The number of carbonyl (C=O) groups excluding carboxylic acids is 1. The van der Waals surface area contributed by atoms with Gasteiger partial charge in [0.25, 0.3) is 5.91 Å². The van der Waals surface area contributed by atoms with Crippen molar-refractivity contribution in [3.05, 3.63) is 93.7 Å². The lowest BCUT2D eigenvalue weighted by Gasteiger charge is -2.10. The number of benzene rings is 2. The Morgan fingerprint density at radius 3 is 2.61 bits per heavy atom. The number of nitrogens with zero attached hydrogens (tertiary/aromatic N) is 2. The van der Waals surface area contributed by atoms with Crippen LogP contribution in [0.4, 0.5) is 5.88 Å². The Morgan fingerprint density at radius 1 is 1.11 bits per heavy atom. The van der Waals surface area contributed by atoms with Gasteiger partial charge in [-0.3, -0.25) is 14.9 Å². The van der Waals surface area contributed by atoms with Crippen LogP contribution in [0, 0.1) is 10.1 Å². The van der Waals surface area contributed by atoms with Crippen LogP contribution in [0.25, 0.3) is 0 Å². The largest absolute Gasteiger partial charge is 0.483 e. The van der Waals surface area contributed by atoms with Crippen molar-refractivity contribution in [1.82, 2.24) is 5.43 Å². The summed E-state index contributed by atoms with van der Waals surface area (Å²) in [5, 5.41) is 14.2. The fourth-order valence-corrected chi connectivity index (χ4v) is 2.46. The summed E-state index contributed by atoms with van der Waals surface area (Å²) in [6.07, 6.45) is 1.86. The Bertz CT molecular complexity index is 982. The number of nitro groups is 1. The highest BCUT2D eigenvalue weighted by Crippen LogP contribution is 2.21. The fraction of sp³-hybridized carbons (Fsp3) is 0.100. The van der Waals surface area contributed by atoms with E-state index in [-0.39, 0.29) is 12.4 Å². The minimum absolute atomic E-state index is 0.154. The number of hydrazone groups is 1. The molecule has 0 saturated carbocycles. The van der Waals surface area contributed by atoms with E-state index < -0.39 is 16.7 Å². The molecule has 0 saturated heterocycles. The molecule has 0 aliphatic carbocycles. The van der Waals surface area contributed by atoms with E-state index in [0.29, 0.717) is 12.2 Å². The van der Waals surface area contributed by atoms with Gasteiger partial charge < -0.3 is 9.15 Å². The summed E-state index contributed by atoms with van der Waals surface area (Å²) in [5.41, 5.74) is 4.39. The molecule has 1 aromatic heterocycles. The van der Waals surface area contributed by atoms with E-state index in [4.69, 9.17) is 9.15 Å². The first-order valence-corrected chi connectivity index (χ1v) is 8.42. The summed E-state index contributed by atoms with van der Waals surface area (Å²) in [7, 11) is 0. The number of nitrogens with one attached hydrogen (secondary N) is 1. The lowest BCUT2D eigenvalue weighted by Crippen LogP contribution is -2.24. The van der Waals surface area contributed by atoms with Gasteiger partial charge in [-0.1, -0.05) is 48.5 Å². The van der Waals surface area contributed by atoms with Gasteiger partial charge in [-0.05, 0) is 23.3 Å². The average molecular weight is 379 g/mol. The Morgan fingerprint density at radius 2 is 1.86 bits per heavy atom. The van der Waals surface area contributed by atoms with E-state index in [1.165, 1.54) is 18.3 Å². The Kier molecular flexibility index (Phi) is 6.14. The molecule has 2 aromatic carbocycles. The molecule has 0 aliphatic heterocycles. The van der Waals surface area contributed by atoms with Crippen LogP contribution in [0.5, 0.6) is 5.75 Å². The lowest BCUT2D eigenvalue weighted by atomic mass is 10.0. The summed E-state index contributed by atoms with van der Waals surface area (Å²) >= 11 is 0. The van der Waals surface area contributed by atoms with Crippen molar-refractivity contribution in [3.63, 3.8) is 0 Å². The molecule has 1 N–H and O–H groups in total. The maximum Gasteiger partial charge on any atom is 0.433 e. The van der Waals surface area contributed by atoms with Crippen molar-refractivity contribution in [1.29, 1.82) is 0 Å². The van der Waals surface area contributed by atoms with Crippen molar-refractivity contribution < 1.29 is 18.9 Å². The SMILES string of the molecule is O=C(COc1ccccc1Cc1ccccc1)N/N=C\c1ccc([N+](=O)[O-])o1. The molecule has 3 aromatic rings. The van der Waals surface area contributed by atoms with E-state index in [0.717, 1.165) is 11.1 Å². The van der Waals surface area contributed by atoms with Crippen LogP contribution in [0.3, 0.4) is 0 Å². The van der Waals surface area contributed by atoms with Gasteiger partial charge in [-0.2, -0.15) is 5.10 Å². The van der Waals surface area contributed by atoms with Crippen LogP contribution in [0.15, 0.2) is 76.2 Å². The van der Waals surface area contributed by atoms with Gasteiger partial charge in [0, 0.05) is 6.42 Å². The first kappa shape index (κ1) is 18.8. The minimum atomic E-state index is -0.656. The van der Waals surface area contributed by atoms with Gasteiger partial charge in [0.1, 0.15) is 10.7 Å². The molecular weight excluding hydrogens is 362 g/mol. The summed E-state index contributed by atoms with van der Waals surface area (Å²) in [4.78, 5) is 21.8. The number of hydrogen-bond donors (Lipinski definition) is 1. The highest BCUT2D eigenvalue weighted by atomic mass is 16.6. The molecule has 0 bridgehead atoms. The molecule has 3 rings (SSSR count). The third-order valence-corrected chi connectivity index (χ3v) is 3.74. The molecular formula is C20H17N3O5. The van der Waals surface area contributed by atoms with Crippen LogP contribution in [-0.2, 0) is 11.2 Å². The third kappa shape index (κ3) is 5.28. The summed E-state index contributed by atoms with van der Waals surface area (Å²) < 4.78 is 10.5. The molecule has 1 amide bonds. The predicted molar refractivity (Wildman–Crippen MR) is 102 cm³/mol. The first-order valence-electron chi connectivity index (χ1n) is 8.42. The second-order valence-electron chi connectivity index (χ2n) is 5.79. The Hall–Kier alpha value is -3.94. The number of rotatable bonds is 8. The van der Waals surface area contributed by atoms with Crippen LogP contribution in [0.2, 0.25) is 0 Å². The van der Waals surface area contributed by atoms with E-state index in [1.807, 2.05) is 48.5 Å². The topological polar surface area (TPSA) is 107 Å². The van der Waals surface area contributed by atoms with Crippen molar-refractivity contribution in [2.24, 2.45) is 5.10 Å². The smallest absolute Gasteiger partial charge is 0.433 e. The normalized spacial score (nSPS) is 10.7. The molecule has 0 fully saturated rings. The first-order chi connectivity index (χ1) is 13.6. The number of furan rings is 1. The maximum atomic E-state index is 11.9. The van der Waals surface area contributed by atoms with Gasteiger partial charge >= 0.3 is 5.88 Å². The molecule has 142 valence electrons. The molecule has 0 aliphatic rings. The second kappa shape index (κ2) is 9.13. The van der Waals surface area contributed by atoms with Crippen LogP contribution < -0.4 is 10.2 Å². The molecule has 0 radical (unpaired) electrons. The molecule has 8 nitrogen and oxygen atoms in total. The number of hydrogen-bond acceptors (Lipinski definition) is 6. The van der Waals surface area contributed by atoms with Crippen LogP contribution in [0.1, 0.15) is 16.9 Å². The van der Waals surface area contributed by atoms with Crippen molar-refractivity contribution in [3.8, 4) is 5.75 Å². The highest BCUT2D eigenvalue weighted by molar-refractivity contribution is 5.81. The van der Waals surface area contributed by atoms with Crippen LogP contribution >= 0.6 is 0 Å². The van der Waals surface area contributed by atoms with Gasteiger partial charge in [0.2, 0.25) is 0 Å². The Labute approximate surface area is 160 Å². The zero-order chi connectivity index (χ0) is 19.8. The van der Waals surface area contributed by atoms with Gasteiger partial charge in [-0.25, -0.2) is 5.43 Å². The molecule has 1 heterocycles. The molecule has 0 spiro atoms.